The summed E-state index contributed by atoms with van der Waals surface area (Å²) < 4.78 is 5.60. The highest BCUT2D eigenvalue weighted by Gasteiger charge is 2.22. The quantitative estimate of drug-likeness (QED) is 0.537. The molecular formula is C25H34N2O2. The van der Waals surface area contributed by atoms with Crippen LogP contribution < -0.4 is 5.32 Å². The number of amides is 1. The Morgan fingerprint density at radius 1 is 1.14 bits per heavy atom. The van der Waals surface area contributed by atoms with E-state index in [1.165, 1.54) is 11.1 Å². The van der Waals surface area contributed by atoms with Gasteiger partial charge in [-0.3, -0.25) is 0 Å². The second kappa shape index (κ2) is 10.7. The van der Waals surface area contributed by atoms with Gasteiger partial charge in [0.05, 0.1) is 0 Å². The molecule has 0 radical (unpaired) electrons. The van der Waals surface area contributed by atoms with Crippen LogP contribution in [0.1, 0.15) is 50.8 Å². The van der Waals surface area contributed by atoms with Crippen molar-refractivity contribution in [2.24, 2.45) is 0 Å². The molecule has 0 aliphatic heterocycles. The molecule has 0 aromatic heterocycles. The lowest BCUT2D eigenvalue weighted by Crippen LogP contribution is -2.37. The van der Waals surface area contributed by atoms with E-state index < -0.39 is 5.60 Å². The molecule has 156 valence electrons. The first-order valence-electron chi connectivity index (χ1n) is 10.3. The predicted molar refractivity (Wildman–Crippen MR) is 122 cm³/mol. The summed E-state index contributed by atoms with van der Waals surface area (Å²) in [5, 5.41) is 3.46. The van der Waals surface area contributed by atoms with Crippen molar-refractivity contribution < 1.29 is 9.53 Å². The summed E-state index contributed by atoms with van der Waals surface area (Å²) in [5.41, 5.74) is 4.16. The normalized spacial score (nSPS) is 11.5. The number of hydrogen-bond donors (Lipinski definition) is 1. The lowest BCUT2D eigenvalue weighted by molar-refractivity contribution is 0.0233. The van der Waals surface area contributed by atoms with Crippen LogP contribution in [0.4, 0.5) is 10.5 Å². The van der Waals surface area contributed by atoms with Crippen LogP contribution in [0.5, 0.6) is 0 Å². The maximum absolute atomic E-state index is 12.7. The van der Waals surface area contributed by atoms with Gasteiger partial charge in [0.15, 0.2) is 0 Å². The number of rotatable bonds is 8. The van der Waals surface area contributed by atoms with E-state index >= 15 is 0 Å². The van der Waals surface area contributed by atoms with Crippen LogP contribution >= 0.6 is 0 Å². The van der Waals surface area contributed by atoms with Gasteiger partial charge in [-0.1, -0.05) is 48.6 Å². The molecule has 4 nitrogen and oxygen atoms in total. The number of ether oxygens (including phenoxy) is 1. The first-order valence-corrected chi connectivity index (χ1v) is 10.3. The minimum Gasteiger partial charge on any atom is -0.444 e. The zero-order chi connectivity index (χ0) is 21.3. The standard InChI is InChI=1S/C25H34N2O2/c1-6-11-22-18-23(15-14-20(22)2)26-16-10-17-27(24(28)29-25(3,4)5)19-21-12-8-7-9-13-21/h6-9,11-15,18,26H,10,16-17,19H2,1-5H3/b11-6-. The highest BCUT2D eigenvalue weighted by Crippen LogP contribution is 2.17. The Morgan fingerprint density at radius 3 is 2.52 bits per heavy atom. The zero-order valence-electron chi connectivity index (χ0n) is 18.4. The Hall–Kier alpha value is -2.75. The largest absolute Gasteiger partial charge is 0.444 e. The van der Waals surface area contributed by atoms with Crippen LogP contribution in [-0.2, 0) is 11.3 Å². The van der Waals surface area contributed by atoms with Crippen molar-refractivity contribution in [2.45, 2.75) is 53.2 Å². The molecule has 0 atom stereocenters. The molecule has 29 heavy (non-hydrogen) atoms. The molecule has 0 saturated heterocycles. The molecule has 2 aromatic carbocycles. The van der Waals surface area contributed by atoms with Gasteiger partial charge in [0, 0.05) is 25.3 Å². The van der Waals surface area contributed by atoms with Crippen molar-refractivity contribution in [1.82, 2.24) is 4.90 Å². The molecule has 2 aromatic rings. The highest BCUT2D eigenvalue weighted by molar-refractivity contribution is 5.68. The predicted octanol–water partition coefficient (Wildman–Crippen LogP) is 6.27. The Bertz CT molecular complexity index is 807. The Labute approximate surface area is 175 Å². The second-order valence-corrected chi connectivity index (χ2v) is 8.24. The number of anilines is 1. The van der Waals surface area contributed by atoms with Crippen LogP contribution in [0.2, 0.25) is 0 Å². The molecule has 0 aliphatic rings. The zero-order valence-corrected chi connectivity index (χ0v) is 18.4. The maximum Gasteiger partial charge on any atom is 0.410 e. The summed E-state index contributed by atoms with van der Waals surface area (Å²) in [7, 11) is 0. The van der Waals surface area contributed by atoms with Gasteiger partial charge >= 0.3 is 6.09 Å². The number of allylic oxidation sites excluding steroid dienone is 1. The monoisotopic (exact) mass is 394 g/mol. The van der Waals surface area contributed by atoms with Crippen molar-refractivity contribution in [3.8, 4) is 0 Å². The molecule has 0 aliphatic carbocycles. The molecule has 0 heterocycles. The van der Waals surface area contributed by atoms with Crippen LogP contribution in [0.15, 0.2) is 54.6 Å². The van der Waals surface area contributed by atoms with Crippen LogP contribution in [0.25, 0.3) is 6.08 Å². The lowest BCUT2D eigenvalue weighted by atomic mass is 10.1. The summed E-state index contributed by atoms with van der Waals surface area (Å²) in [6, 6.07) is 16.4. The molecular weight excluding hydrogens is 360 g/mol. The molecule has 0 unspecified atom stereocenters. The molecule has 1 amide bonds. The van der Waals surface area contributed by atoms with Gasteiger partial charge in [0.1, 0.15) is 5.60 Å². The Balaban J connectivity index is 1.95. The summed E-state index contributed by atoms with van der Waals surface area (Å²) in [5.74, 6) is 0. The van der Waals surface area contributed by atoms with E-state index in [1.807, 2.05) is 58.0 Å². The van der Waals surface area contributed by atoms with E-state index in [2.05, 4.69) is 42.6 Å². The molecule has 0 fully saturated rings. The SMILES string of the molecule is C/C=C\c1cc(NCCCN(Cc2ccccc2)C(=O)OC(C)(C)C)ccc1C. The number of hydrogen-bond acceptors (Lipinski definition) is 3. The van der Waals surface area contributed by atoms with Crippen molar-refractivity contribution >= 4 is 17.9 Å². The van der Waals surface area contributed by atoms with E-state index in [1.54, 1.807) is 4.90 Å². The third kappa shape index (κ3) is 8.02. The molecule has 1 N–H and O–H groups in total. The fraction of sp³-hybridized carbons (Fsp3) is 0.400. The topological polar surface area (TPSA) is 41.6 Å². The van der Waals surface area contributed by atoms with E-state index in [0.717, 1.165) is 24.2 Å². The third-order valence-electron chi connectivity index (χ3n) is 4.43. The fourth-order valence-corrected chi connectivity index (χ4v) is 2.98. The second-order valence-electron chi connectivity index (χ2n) is 8.24. The van der Waals surface area contributed by atoms with E-state index in [9.17, 15) is 4.79 Å². The summed E-state index contributed by atoms with van der Waals surface area (Å²) in [4.78, 5) is 14.4. The number of carbonyl (C=O) groups excluding carboxylic acids is 1. The van der Waals surface area contributed by atoms with Gasteiger partial charge in [0.25, 0.3) is 0 Å². The minimum atomic E-state index is -0.505. The van der Waals surface area contributed by atoms with E-state index in [0.29, 0.717) is 13.1 Å². The number of nitrogens with zero attached hydrogens (tertiary/aromatic N) is 1. The van der Waals surface area contributed by atoms with Gasteiger partial charge < -0.3 is 15.0 Å². The van der Waals surface area contributed by atoms with Gasteiger partial charge in [0.2, 0.25) is 0 Å². The number of benzene rings is 2. The van der Waals surface area contributed by atoms with Gasteiger partial charge in [-0.25, -0.2) is 4.79 Å². The van der Waals surface area contributed by atoms with E-state index in [4.69, 9.17) is 4.74 Å². The molecule has 0 saturated carbocycles. The summed E-state index contributed by atoms with van der Waals surface area (Å²) in [6.07, 6.45) is 4.73. The maximum atomic E-state index is 12.7. The van der Waals surface area contributed by atoms with Crippen molar-refractivity contribution in [3.05, 3.63) is 71.3 Å². The smallest absolute Gasteiger partial charge is 0.410 e. The number of aryl methyl sites for hydroxylation is 1. The average Bonchev–Trinajstić information content (AvgIpc) is 2.66. The van der Waals surface area contributed by atoms with Gasteiger partial charge in [-0.15, -0.1) is 0 Å². The van der Waals surface area contributed by atoms with Crippen LogP contribution in [0, 0.1) is 6.92 Å². The minimum absolute atomic E-state index is 0.271. The summed E-state index contributed by atoms with van der Waals surface area (Å²) >= 11 is 0. The van der Waals surface area contributed by atoms with Crippen LogP contribution in [-0.4, -0.2) is 29.7 Å². The fourth-order valence-electron chi connectivity index (χ4n) is 2.98. The lowest BCUT2D eigenvalue weighted by Gasteiger charge is -2.27. The third-order valence-corrected chi connectivity index (χ3v) is 4.43. The molecule has 4 heteroatoms. The van der Waals surface area contributed by atoms with Gasteiger partial charge in [-0.05, 0) is 69.9 Å². The molecule has 0 bridgehead atoms. The van der Waals surface area contributed by atoms with Crippen molar-refractivity contribution in [3.63, 3.8) is 0 Å². The van der Waals surface area contributed by atoms with E-state index in [-0.39, 0.29) is 6.09 Å². The Kier molecular flexibility index (Phi) is 8.32. The average molecular weight is 395 g/mol. The summed E-state index contributed by atoms with van der Waals surface area (Å²) in [6.45, 7) is 11.8. The Morgan fingerprint density at radius 2 is 1.86 bits per heavy atom. The first kappa shape index (κ1) is 22.5. The van der Waals surface area contributed by atoms with Gasteiger partial charge in [-0.2, -0.15) is 0 Å². The number of nitrogens with one attached hydrogen (secondary N) is 1. The van der Waals surface area contributed by atoms with Crippen molar-refractivity contribution in [2.75, 3.05) is 18.4 Å². The van der Waals surface area contributed by atoms with Crippen LogP contribution in [0.3, 0.4) is 0 Å². The number of carbonyl (C=O) groups is 1. The molecule has 2 rings (SSSR count). The first-order chi connectivity index (χ1) is 13.8. The van der Waals surface area contributed by atoms with Crippen molar-refractivity contribution in [1.29, 1.82) is 0 Å². The highest BCUT2D eigenvalue weighted by atomic mass is 16.6. The molecule has 0 spiro atoms.